The van der Waals surface area contributed by atoms with Crippen LogP contribution in [-0.2, 0) is 4.79 Å². The highest BCUT2D eigenvalue weighted by atomic mass is 16.2. The van der Waals surface area contributed by atoms with Gasteiger partial charge in [0.25, 0.3) is 5.91 Å². The van der Waals surface area contributed by atoms with Crippen molar-refractivity contribution in [3.05, 3.63) is 30.1 Å². The minimum atomic E-state index is -0.551. The molecule has 1 unspecified atom stereocenters. The number of carbonyl (C=O) groups is 2. The molecule has 0 radical (unpaired) electrons. The number of nitrogens with zero attached hydrogens (tertiary/aromatic N) is 2. The third-order valence-corrected chi connectivity index (χ3v) is 3.25. The Balaban J connectivity index is 2.09. The number of hydrogen-bond donors (Lipinski definition) is 2. The van der Waals surface area contributed by atoms with Gasteiger partial charge in [-0.05, 0) is 32.0 Å². The fourth-order valence-corrected chi connectivity index (χ4v) is 1.90. The van der Waals surface area contributed by atoms with Crippen molar-refractivity contribution >= 4 is 22.8 Å². The Kier molecular flexibility index (Phi) is 4.02. The molecule has 1 aromatic heterocycles. The number of nitrogens with one attached hydrogen (secondary N) is 2. The minimum absolute atomic E-state index is 0.108. The van der Waals surface area contributed by atoms with E-state index in [2.05, 4.69) is 15.3 Å². The lowest BCUT2D eigenvalue weighted by atomic mass is 10.1. The van der Waals surface area contributed by atoms with Gasteiger partial charge in [0.1, 0.15) is 6.04 Å². The van der Waals surface area contributed by atoms with Crippen molar-refractivity contribution in [1.29, 1.82) is 0 Å². The SMILES string of the molecule is CCN(C)C(=O)C(C)NC(=O)c1ccc2nc[nH]c2c1. The van der Waals surface area contributed by atoms with Gasteiger partial charge in [0, 0.05) is 19.2 Å². The van der Waals surface area contributed by atoms with Gasteiger partial charge in [-0.1, -0.05) is 0 Å². The number of amides is 2. The van der Waals surface area contributed by atoms with Crippen molar-refractivity contribution in [2.45, 2.75) is 19.9 Å². The van der Waals surface area contributed by atoms with Gasteiger partial charge in [0.05, 0.1) is 17.4 Å². The summed E-state index contributed by atoms with van der Waals surface area (Å²) < 4.78 is 0. The molecule has 6 heteroatoms. The Morgan fingerprint density at radius 1 is 1.45 bits per heavy atom. The molecule has 0 bridgehead atoms. The molecule has 0 spiro atoms. The number of aromatic amines is 1. The third-order valence-electron chi connectivity index (χ3n) is 3.25. The number of aromatic nitrogens is 2. The average molecular weight is 274 g/mol. The lowest BCUT2D eigenvalue weighted by molar-refractivity contribution is -0.131. The van der Waals surface area contributed by atoms with Gasteiger partial charge in [-0.25, -0.2) is 4.98 Å². The summed E-state index contributed by atoms with van der Waals surface area (Å²) in [6, 6.07) is 4.63. The van der Waals surface area contributed by atoms with Crippen molar-refractivity contribution in [1.82, 2.24) is 20.2 Å². The van der Waals surface area contributed by atoms with E-state index in [1.165, 1.54) is 0 Å². The molecule has 0 aliphatic heterocycles. The van der Waals surface area contributed by atoms with Gasteiger partial charge in [0.15, 0.2) is 0 Å². The van der Waals surface area contributed by atoms with Gasteiger partial charge in [-0.15, -0.1) is 0 Å². The normalized spacial score (nSPS) is 12.2. The Morgan fingerprint density at radius 2 is 2.20 bits per heavy atom. The number of H-pyrrole nitrogens is 1. The largest absolute Gasteiger partial charge is 0.345 e. The van der Waals surface area contributed by atoms with E-state index in [0.717, 1.165) is 11.0 Å². The first-order valence-electron chi connectivity index (χ1n) is 6.52. The number of imidazole rings is 1. The highest BCUT2D eigenvalue weighted by Gasteiger charge is 2.19. The molecule has 0 fully saturated rings. The summed E-state index contributed by atoms with van der Waals surface area (Å²) in [4.78, 5) is 32.6. The van der Waals surface area contributed by atoms with E-state index < -0.39 is 6.04 Å². The smallest absolute Gasteiger partial charge is 0.251 e. The van der Waals surface area contributed by atoms with E-state index in [1.54, 1.807) is 43.4 Å². The van der Waals surface area contributed by atoms with Crippen molar-refractivity contribution in [2.24, 2.45) is 0 Å². The fraction of sp³-hybridized carbons (Fsp3) is 0.357. The molecule has 0 aliphatic carbocycles. The molecule has 2 aromatic rings. The van der Waals surface area contributed by atoms with Crippen LogP contribution in [0.4, 0.5) is 0 Å². The van der Waals surface area contributed by atoms with Crippen molar-refractivity contribution in [3.63, 3.8) is 0 Å². The first-order valence-corrected chi connectivity index (χ1v) is 6.52. The van der Waals surface area contributed by atoms with E-state index >= 15 is 0 Å². The molecule has 20 heavy (non-hydrogen) atoms. The summed E-state index contributed by atoms with van der Waals surface area (Å²) in [5.41, 5.74) is 2.10. The van der Waals surface area contributed by atoms with Crippen LogP contribution in [0.1, 0.15) is 24.2 Å². The maximum atomic E-state index is 12.1. The van der Waals surface area contributed by atoms with Gasteiger partial charge in [-0.2, -0.15) is 0 Å². The molecule has 106 valence electrons. The zero-order valence-corrected chi connectivity index (χ0v) is 11.8. The molecule has 1 aromatic carbocycles. The molecular formula is C14H18N4O2. The Labute approximate surface area is 117 Å². The van der Waals surface area contributed by atoms with E-state index in [4.69, 9.17) is 0 Å². The van der Waals surface area contributed by atoms with E-state index in [0.29, 0.717) is 12.1 Å². The van der Waals surface area contributed by atoms with Gasteiger partial charge in [0.2, 0.25) is 5.91 Å². The summed E-state index contributed by atoms with van der Waals surface area (Å²) in [6.07, 6.45) is 1.58. The summed E-state index contributed by atoms with van der Waals surface area (Å²) in [7, 11) is 1.71. The lowest BCUT2D eigenvalue weighted by Crippen LogP contribution is -2.45. The van der Waals surface area contributed by atoms with Gasteiger partial charge < -0.3 is 15.2 Å². The number of hydrogen-bond acceptors (Lipinski definition) is 3. The van der Waals surface area contributed by atoms with Crippen LogP contribution >= 0.6 is 0 Å². The topological polar surface area (TPSA) is 78.1 Å². The minimum Gasteiger partial charge on any atom is -0.345 e. The van der Waals surface area contributed by atoms with Crippen LogP contribution in [0, 0.1) is 0 Å². The highest BCUT2D eigenvalue weighted by molar-refractivity contribution is 5.99. The predicted molar refractivity (Wildman–Crippen MR) is 76.3 cm³/mol. The molecule has 0 saturated heterocycles. The maximum absolute atomic E-state index is 12.1. The van der Waals surface area contributed by atoms with E-state index in [9.17, 15) is 9.59 Å². The molecule has 1 atom stereocenters. The predicted octanol–water partition coefficient (Wildman–Crippen LogP) is 1.16. The third kappa shape index (κ3) is 2.79. The molecule has 2 amide bonds. The van der Waals surface area contributed by atoms with E-state index in [-0.39, 0.29) is 11.8 Å². The molecule has 0 saturated carbocycles. The second kappa shape index (κ2) is 5.73. The van der Waals surface area contributed by atoms with E-state index in [1.807, 2.05) is 6.92 Å². The first kappa shape index (κ1) is 14.0. The zero-order chi connectivity index (χ0) is 14.7. The average Bonchev–Trinajstić information content (AvgIpc) is 2.92. The number of likely N-dealkylation sites (N-methyl/N-ethyl adjacent to an activating group) is 1. The van der Waals surface area contributed by atoms with Crippen molar-refractivity contribution < 1.29 is 9.59 Å². The second-order valence-electron chi connectivity index (χ2n) is 4.68. The van der Waals surface area contributed by atoms with Gasteiger partial charge >= 0.3 is 0 Å². The van der Waals surface area contributed by atoms with Crippen LogP contribution < -0.4 is 5.32 Å². The van der Waals surface area contributed by atoms with Crippen molar-refractivity contribution in [2.75, 3.05) is 13.6 Å². The zero-order valence-electron chi connectivity index (χ0n) is 11.8. The van der Waals surface area contributed by atoms with Crippen LogP contribution in [0.25, 0.3) is 11.0 Å². The highest BCUT2D eigenvalue weighted by Crippen LogP contribution is 2.11. The van der Waals surface area contributed by atoms with Crippen molar-refractivity contribution in [3.8, 4) is 0 Å². The molecular weight excluding hydrogens is 256 g/mol. The maximum Gasteiger partial charge on any atom is 0.251 e. The monoisotopic (exact) mass is 274 g/mol. The van der Waals surface area contributed by atoms with Gasteiger partial charge in [-0.3, -0.25) is 9.59 Å². The van der Waals surface area contributed by atoms with Crippen LogP contribution in [0.3, 0.4) is 0 Å². The number of carbonyl (C=O) groups excluding carboxylic acids is 2. The Morgan fingerprint density at radius 3 is 2.90 bits per heavy atom. The quantitative estimate of drug-likeness (QED) is 0.878. The second-order valence-corrected chi connectivity index (χ2v) is 4.68. The molecule has 2 rings (SSSR count). The standard InChI is InChI=1S/C14H18N4O2/c1-4-18(3)14(20)9(2)17-13(19)10-5-6-11-12(7-10)16-8-15-11/h5-9H,4H2,1-3H3,(H,15,16)(H,17,19). The summed E-state index contributed by atoms with van der Waals surface area (Å²) >= 11 is 0. The Hall–Kier alpha value is -2.37. The first-order chi connectivity index (χ1) is 9.52. The van der Waals surface area contributed by atoms with Crippen LogP contribution in [0.5, 0.6) is 0 Å². The summed E-state index contributed by atoms with van der Waals surface area (Å²) in [6.45, 7) is 4.18. The lowest BCUT2D eigenvalue weighted by Gasteiger charge is -2.20. The fourth-order valence-electron chi connectivity index (χ4n) is 1.90. The summed E-state index contributed by atoms with van der Waals surface area (Å²) in [5.74, 6) is -0.379. The van der Waals surface area contributed by atoms with Crippen LogP contribution in [0.15, 0.2) is 24.5 Å². The molecule has 6 nitrogen and oxygen atoms in total. The Bertz CT molecular complexity index is 635. The van der Waals surface area contributed by atoms with Crippen LogP contribution in [-0.4, -0.2) is 46.3 Å². The number of fused-ring (bicyclic) bond motifs is 1. The number of rotatable bonds is 4. The number of benzene rings is 1. The van der Waals surface area contributed by atoms with Crippen LogP contribution in [0.2, 0.25) is 0 Å². The summed E-state index contributed by atoms with van der Waals surface area (Å²) in [5, 5.41) is 2.70. The molecule has 2 N–H and O–H groups in total. The molecule has 0 aliphatic rings. The molecule has 1 heterocycles.